The molecule has 0 saturated carbocycles. The van der Waals surface area contributed by atoms with Crippen LogP contribution in [-0.4, -0.2) is 11.1 Å². The number of alkyl halides is 3. The summed E-state index contributed by atoms with van der Waals surface area (Å²) >= 11 is 0. The first-order valence-corrected chi connectivity index (χ1v) is 7.15. The molecule has 1 N–H and O–H groups in total. The fraction of sp³-hybridized carbons (Fsp3) is 0.278. The molecule has 0 bridgehead atoms. The van der Waals surface area contributed by atoms with Gasteiger partial charge in [-0.1, -0.05) is 36.4 Å². The van der Waals surface area contributed by atoms with Gasteiger partial charge >= 0.3 is 12.1 Å². The maximum Gasteiger partial charge on any atom is 0.416 e. The van der Waals surface area contributed by atoms with Crippen LogP contribution in [0.1, 0.15) is 33.7 Å². The summed E-state index contributed by atoms with van der Waals surface area (Å²) in [5.41, 5.74) is 1.64. The first-order chi connectivity index (χ1) is 10.7. The Morgan fingerprint density at radius 3 is 2.30 bits per heavy atom. The second-order valence-electron chi connectivity index (χ2n) is 5.59. The highest BCUT2D eigenvalue weighted by molar-refractivity contribution is 5.76. The van der Waals surface area contributed by atoms with Gasteiger partial charge in [-0.2, -0.15) is 13.2 Å². The minimum absolute atomic E-state index is 0.00868. The van der Waals surface area contributed by atoms with Crippen molar-refractivity contribution in [3.05, 3.63) is 70.3 Å². The molecule has 0 radical (unpaired) electrons. The van der Waals surface area contributed by atoms with Gasteiger partial charge in [0.25, 0.3) is 0 Å². The summed E-state index contributed by atoms with van der Waals surface area (Å²) in [4.78, 5) is 11.6. The van der Waals surface area contributed by atoms with Gasteiger partial charge in [0, 0.05) is 0 Å². The molecular formula is C18H17F3O2. The summed E-state index contributed by atoms with van der Waals surface area (Å²) < 4.78 is 39.2. The van der Waals surface area contributed by atoms with Crippen molar-refractivity contribution in [3.63, 3.8) is 0 Å². The van der Waals surface area contributed by atoms with E-state index >= 15 is 0 Å². The Bertz CT molecular complexity index is 720. The molecule has 0 aliphatic rings. The second-order valence-corrected chi connectivity index (χ2v) is 5.59. The average molecular weight is 322 g/mol. The molecule has 2 aromatic rings. The van der Waals surface area contributed by atoms with E-state index in [0.29, 0.717) is 5.56 Å². The van der Waals surface area contributed by atoms with Crippen molar-refractivity contribution in [1.82, 2.24) is 0 Å². The summed E-state index contributed by atoms with van der Waals surface area (Å²) in [6.45, 7) is 3.75. The second kappa shape index (κ2) is 6.44. The zero-order chi connectivity index (χ0) is 17.2. The molecule has 0 saturated heterocycles. The van der Waals surface area contributed by atoms with Crippen molar-refractivity contribution in [2.24, 2.45) is 0 Å². The maximum absolute atomic E-state index is 13.1. The van der Waals surface area contributed by atoms with Crippen LogP contribution < -0.4 is 0 Å². The Balaban J connectivity index is 2.42. The standard InChI is InChI=1S/C18H17F3O2/c1-11-7-8-13(9-12(11)2)15(17(22)23)10-14-5-3-4-6-16(14)18(19,20)21/h3-9,15H,10H2,1-2H3,(H,22,23). The number of carboxylic acid groups (broad SMARTS) is 1. The van der Waals surface area contributed by atoms with E-state index in [4.69, 9.17) is 0 Å². The highest BCUT2D eigenvalue weighted by Crippen LogP contribution is 2.34. The Morgan fingerprint density at radius 1 is 1.09 bits per heavy atom. The van der Waals surface area contributed by atoms with Crippen LogP contribution in [0.3, 0.4) is 0 Å². The molecule has 0 aromatic heterocycles. The summed E-state index contributed by atoms with van der Waals surface area (Å²) in [5, 5.41) is 9.46. The number of carbonyl (C=O) groups is 1. The fourth-order valence-electron chi connectivity index (χ4n) is 2.52. The average Bonchev–Trinajstić information content (AvgIpc) is 2.47. The zero-order valence-electron chi connectivity index (χ0n) is 12.8. The third kappa shape index (κ3) is 3.92. The molecule has 2 rings (SSSR count). The van der Waals surface area contributed by atoms with E-state index in [0.717, 1.165) is 17.2 Å². The minimum Gasteiger partial charge on any atom is -0.481 e. The number of rotatable bonds is 4. The van der Waals surface area contributed by atoms with Crippen LogP contribution in [0.25, 0.3) is 0 Å². The monoisotopic (exact) mass is 322 g/mol. The Hall–Kier alpha value is -2.30. The molecule has 1 atom stereocenters. The van der Waals surface area contributed by atoms with Crippen molar-refractivity contribution in [2.45, 2.75) is 32.4 Å². The molecule has 0 aliphatic carbocycles. The molecule has 0 spiro atoms. The lowest BCUT2D eigenvalue weighted by molar-refractivity contribution is -0.141. The molecule has 2 aromatic carbocycles. The molecule has 0 heterocycles. The summed E-state index contributed by atoms with van der Waals surface area (Å²) in [5.74, 6) is -2.15. The predicted octanol–water partition coefficient (Wildman–Crippen LogP) is 4.73. The highest BCUT2D eigenvalue weighted by Gasteiger charge is 2.34. The van der Waals surface area contributed by atoms with Gasteiger partial charge in [-0.25, -0.2) is 0 Å². The SMILES string of the molecule is Cc1ccc(C(Cc2ccccc2C(F)(F)F)C(=O)O)cc1C. The largest absolute Gasteiger partial charge is 0.481 e. The van der Waals surface area contributed by atoms with E-state index in [-0.39, 0.29) is 12.0 Å². The topological polar surface area (TPSA) is 37.3 Å². The van der Waals surface area contributed by atoms with Crippen LogP contribution in [-0.2, 0) is 17.4 Å². The lowest BCUT2D eigenvalue weighted by Gasteiger charge is -2.18. The molecule has 1 unspecified atom stereocenters. The van der Waals surface area contributed by atoms with Crippen LogP contribution in [0.15, 0.2) is 42.5 Å². The van der Waals surface area contributed by atoms with Gasteiger partial charge in [-0.05, 0) is 48.6 Å². The summed E-state index contributed by atoms with van der Waals surface area (Å²) in [6, 6.07) is 10.3. The molecule has 2 nitrogen and oxygen atoms in total. The third-order valence-corrected chi connectivity index (χ3v) is 3.98. The van der Waals surface area contributed by atoms with E-state index in [1.807, 2.05) is 13.8 Å². The molecule has 122 valence electrons. The van der Waals surface area contributed by atoms with E-state index < -0.39 is 23.6 Å². The lowest BCUT2D eigenvalue weighted by atomic mass is 9.88. The smallest absolute Gasteiger partial charge is 0.416 e. The van der Waals surface area contributed by atoms with Gasteiger partial charge in [-0.15, -0.1) is 0 Å². The Morgan fingerprint density at radius 2 is 1.74 bits per heavy atom. The normalized spacial score (nSPS) is 12.9. The van der Waals surface area contributed by atoms with Gasteiger partial charge in [0.2, 0.25) is 0 Å². The Labute approximate surface area is 132 Å². The van der Waals surface area contributed by atoms with Crippen LogP contribution in [0, 0.1) is 13.8 Å². The third-order valence-electron chi connectivity index (χ3n) is 3.98. The molecule has 5 heteroatoms. The van der Waals surface area contributed by atoms with Gasteiger partial charge < -0.3 is 5.11 Å². The van der Waals surface area contributed by atoms with E-state index in [1.54, 1.807) is 18.2 Å². The number of aliphatic carboxylic acids is 1. The van der Waals surface area contributed by atoms with Crippen molar-refractivity contribution in [2.75, 3.05) is 0 Å². The summed E-state index contributed by atoms with van der Waals surface area (Å²) in [7, 11) is 0. The first kappa shape index (κ1) is 17.1. The van der Waals surface area contributed by atoms with Gasteiger partial charge in [0.1, 0.15) is 0 Å². The number of halogens is 3. The van der Waals surface area contributed by atoms with Crippen LogP contribution in [0.4, 0.5) is 13.2 Å². The van der Waals surface area contributed by atoms with Crippen molar-refractivity contribution < 1.29 is 23.1 Å². The van der Waals surface area contributed by atoms with E-state index in [1.165, 1.54) is 18.2 Å². The highest BCUT2D eigenvalue weighted by atomic mass is 19.4. The predicted molar refractivity (Wildman–Crippen MR) is 81.4 cm³/mol. The molecule has 0 amide bonds. The number of benzene rings is 2. The fourth-order valence-corrected chi connectivity index (χ4v) is 2.52. The van der Waals surface area contributed by atoms with Crippen LogP contribution in [0.5, 0.6) is 0 Å². The van der Waals surface area contributed by atoms with Crippen molar-refractivity contribution >= 4 is 5.97 Å². The van der Waals surface area contributed by atoms with Crippen molar-refractivity contribution in [3.8, 4) is 0 Å². The summed E-state index contributed by atoms with van der Waals surface area (Å²) in [6.07, 6.45) is -4.70. The van der Waals surface area contributed by atoms with E-state index in [9.17, 15) is 23.1 Å². The number of aryl methyl sites for hydroxylation is 2. The van der Waals surface area contributed by atoms with Crippen molar-refractivity contribution in [1.29, 1.82) is 0 Å². The molecule has 0 aliphatic heterocycles. The molecule has 0 fully saturated rings. The van der Waals surface area contributed by atoms with Gasteiger partial charge in [0.15, 0.2) is 0 Å². The molecular weight excluding hydrogens is 305 g/mol. The van der Waals surface area contributed by atoms with Gasteiger partial charge in [0.05, 0.1) is 11.5 Å². The van der Waals surface area contributed by atoms with E-state index in [2.05, 4.69) is 0 Å². The molecule has 23 heavy (non-hydrogen) atoms. The number of carboxylic acids is 1. The first-order valence-electron chi connectivity index (χ1n) is 7.15. The zero-order valence-corrected chi connectivity index (χ0v) is 12.8. The Kier molecular flexibility index (Phi) is 4.78. The number of hydrogen-bond acceptors (Lipinski definition) is 1. The quantitative estimate of drug-likeness (QED) is 0.883. The number of hydrogen-bond donors (Lipinski definition) is 1. The maximum atomic E-state index is 13.1. The minimum atomic E-state index is -4.50. The van der Waals surface area contributed by atoms with Crippen LogP contribution >= 0.6 is 0 Å². The van der Waals surface area contributed by atoms with Crippen LogP contribution in [0.2, 0.25) is 0 Å². The lowest BCUT2D eigenvalue weighted by Crippen LogP contribution is -2.17. The van der Waals surface area contributed by atoms with Gasteiger partial charge in [-0.3, -0.25) is 4.79 Å².